The Balaban J connectivity index is 1.74. The van der Waals surface area contributed by atoms with Crippen molar-refractivity contribution in [2.45, 2.75) is 17.3 Å². The van der Waals surface area contributed by atoms with Crippen molar-refractivity contribution in [1.29, 1.82) is 0 Å². The summed E-state index contributed by atoms with van der Waals surface area (Å²) in [4.78, 5) is 12.4. The van der Waals surface area contributed by atoms with Crippen molar-refractivity contribution in [2.75, 3.05) is 11.2 Å². The lowest BCUT2D eigenvalue weighted by atomic mass is 10.2. The third-order valence-corrected chi connectivity index (χ3v) is 4.95. The van der Waals surface area contributed by atoms with E-state index in [1.165, 1.54) is 10.7 Å². The molecule has 0 spiro atoms. The summed E-state index contributed by atoms with van der Waals surface area (Å²) in [6, 6.07) is 13.1. The van der Waals surface area contributed by atoms with Crippen LogP contribution in [0.25, 0.3) is 11.4 Å². The minimum absolute atomic E-state index is 0.185. The zero-order chi connectivity index (χ0) is 18.7. The lowest BCUT2D eigenvalue weighted by Crippen LogP contribution is -2.23. The number of hydrogen-bond acceptors (Lipinski definition) is 5. The van der Waals surface area contributed by atoms with Crippen molar-refractivity contribution in [3.8, 4) is 11.4 Å². The van der Waals surface area contributed by atoms with Gasteiger partial charge in [0, 0.05) is 0 Å². The van der Waals surface area contributed by atoms with Crippen molar-refractivity contribution in [3.05, 3.63) is 59.4 Å². The maximum atomic E-state index is 13.9. The van der Waals surface area contributed by atoms with E-state index in [0.29, 0.717) is 15.9 Å². The van der Waals surface area contributed by atoms with Gasteiger partial charge in [0.25, 0.3) is 0 Å². The van der Waals surface area contributed by atoms with E-state index in [1.807, 2.05) is 0 Å². The average Bonchev–Trinajstić information content (AvgIpc) is 2.98. The Morgan fingerprint density at radius 2 is 1.92 bits per heavy atom. The summed E-state index contributed by atoms with van der Waals surface area (Å²) in [5.41, 5.74) is 0.760. The van der Waals surface area contributed by atoms with Gasteiger partial charge in [-0.3, -0.25) is 4.79 Å². The quantitative estimate of drug-likeness (QED) is 0.513. The van der Waals surface area contributed by atoms with Crippen LogP contribution in [0.1, 0.15) is 6.92 Å². The minimum atomic E-state index is -0.522. The zero-order valence-corrected chi connectivity index (χ0v) is 15.3. The Kier molecular flexibility index (Phi) is 5.43. The Morgan fingerprint density at radius 1 is 1.23 bits per heavy atom. The third-order valence-electron chi connectivity index (χ3n) is 3.56. The molecule has 0 saturated carbocycles. The van der Waals surface area contributed by atoms with E-state index in [4.69, 9.17) is 17.4 Å². The summed E-state index contributed by atoms with van der Waals surface area (Å²) in [6.07, 6.45) is 0. The molecule has 0 aliphatic heterocycles. The number of nitrogens with two attached hydrogens (primary N) is 1. The lowest BCUT2D eigenvalue weighted by Gasteiger charge is -2.12. The van der Waals surface area contributed by atoms with Crippen molar-refractivity contribution < 1.29 is 9.18 Å². The normalized spacial score (nSPS) is 12.0. The second kappa shape index (κ2) is 7.76. The summed E-state index contributed by atoms with van der Waals surface area (Å²) in [7, 11) is 0. The number of thioether (sulfide) groups is 1. The number of hydrogen-bond donors (Lipinski definition) is 2. The van der Waals surface area contributed by atoms with Gasteiger partial charge < -0.3 is 11.2 Å². The predicted octanol–water partition coefficient (Wildman–Crippen LogP) is 3.57. The number of anilines is 1. The van der Waals surface area contributed by atoms with E-state index in [-0.39, 0.29) is 17.3 Å². The van der Waals surface area contributed by atoms with Crippen LogP contribution in [0.15, 0.2) is 53.7 Å². The van der Waals surface area contributed by atoms with Gasteiger partial charge in [-0.05, 0) is 31.2 Å². The number of benzene rings is 2. The van der Waals surface area contributed by atoms with Crippen LogP contribution in [-0.4, -0.2) is 26.0 Å². The monoisotopic (exact) mass is 391 g/mol. The molecule has 6 nitrogen and oxygen atoms in total. The molecule has 2 aromatic carbocycles. The van der Waals surface area contributed by atoms with Crippen LogP contribution in [-0.2, 0) is 4.79 Å². The van der Waals surface area contributed by atoms with Crippen LogP contribution in [0.2, 0.25) is 5.02 Å². The average molecular weight is 392 g/mol. The van der Waals surface area contributed by atoms with Gasteiger partial charge in [0.05, 0.1) is 21.5 Å². The molecule has 0 aliphatic carbocycles. The highest BCUT2D eigenvalue weighted by atomic mass is 35.5. The predicted molar refractivity (Wildman–Crippen MR) is 101 cm³/mol. The van der Waals surface area contributed by atoms with Gasteiger partial charge in [-0.1, -0.05) is 47.6 Å². The van der Waals surface area contributed by atoms with Gasteiger partial charge >= 0.3 is 0 Å². The van der Waals surface area contributed by atoms with Gasteiger partial charge in [-0.15, -0.1) is 10.2 Å². The number of nitrogens with one attached hydrogen (secondary N) is 1. The molecule has 0 saturated heterocycles. The van der Waals surface area contributed by atoms with Crippen LogP contribution in [0.5, 0.6) is 0 Å². The molecule has 9 heteroatoms. The first kappa shape index (κ1) is 18.2. The molecule has 0 bridgehead atoms. The van der Waals surface area contributed by atoms with Gasteiger partial charge in [0.15, 0.2) is 5.82 Å². The standard InChI is InChI=1S/C17H15ClFN5OS/c1-10(16(25)21-14-9-5-3-7-12(14)18)26-17-23-22-15(24(17)20)11-6-2-4-8-13(11)19/h2-10H,20H2,1H3,(H,21,25)/t10-/m0/s1. The number of nitrogens with zero attached hydrogens (tertiary/aromatic N) is 3. The van der Waals surface area contributed by atoms with Crippen molar-refractivity contribution in [2.24, 2.45) is 0 Å². The molecule has 1 amide bonds. The number of amides is 1. The molecule has 0 fully saturated rings. The van der Waals surface area contributed by atoms with Crippen LogP contribution >= 0.6 is 23.4 Å². The van der Waals surface area contributed by atoms with Crippen LogP contribution < -0.4 is 11.2 Å². The molecule has 3 N–H and O–H groups in total. The smallest absolute Gasteiger partial charge is 0.237 e. The second-order valence-corrected chi connectivity index (χ2v) is 7.10. The number of aromatic nitrogens is 3. The number of carbonyl (C=O) groups excluding carboxylic acids is 1. The summed E-state index contributed by atoms with van der Waals surface area (Å²) in [5, 5.41) is 10.9. The van der Waals surface area contributed by atoms with Gasteiger partial charge in [-0.2, -0.15) is 0 Å². The zero-order valence-electron chi connectivity index (χ0n) is 13.7. The largest absolute Gasteiger partial charge is 0.335 e. The Labute approximate surface area is 158 Å². The first-order chi connectivity index (χ1) is 12.5. The van der Waals surface area contributed by atoms with Crippen molar-refractivity contribution in [3.63, 3.8) is 0 Å². The number of carbonyl (C=O) groups is 1. The van der Waals surface area contributed by atoms with E-state index < -0.39 is 11.1 Å². The molecule has 1 atom stereocenters. The summed E-state index contributed by atoms with van der Waals surface area (Å²) >= 11 is 7.15. The lowest BCUT2D eigenvalue weighted by molar-refractivity contribution is -0.115. The number of para-hydroxylation sites is 1. The highest BCUT2D eigenvalue weighted by Gasteiger charge is 2.21. The molecule has 0 aliphatic rings. The Bertz CT molecular complexity index is 948. The van der Waals surface area contributed by atoms with Gasteiger partial charge in [-0.25, -0.2) is 9.07 Å². The van der Waals surface area contributed by atoms with E-state index in [0.717, 1.165) is 11.8 Å². The Morgan fingerprint density at radius 3 is 2.65 bits per heavy atom. The molecular weight excluding hydrogens is 377 g/mol. The molecule has 0 radical (unpaired) electrons. The molecule has 134 valence electrons. The summed E-state index contributed by atoms with van der Waals surface area (Å²) in [5.74, 6) is 5.45. The Hall–Kier alpha value is -2.58. The van der Waals surface area contributed by atoms with Gasteiger partial charge in [0.2, 0.25) is 11.1 Å². The van der Waals surface area contributed by atoms with E-state index >= 15 is 0 Å². The third kappa shape index (κ3) is 3.81. The first-order valence-electron chi connectivity index (χ1n) is 7.65. The molecule has 0 unspecified atom stereocenters. The maximum absolute atomic E-state index is 13.9. The molecule has 1 heterocycles. The topological polar surface area (TPSA) is 85.8 Å². The van der Waals surface area contributed by atoms with Crippen molar-refractivity contribution in [1.82, 2.24) is 14.9 Å². The highest BCUT2D eigenvalue weighted by molar-refractivity contribution is 8.00. The molecule has 3 rings (SSSR count). The summed E-state index contributed by atoms with van der Waals surface area (Å²) in [6.45, 7) is 1.70. The number of halogens is 2. The van der Waals surface area contributed by atoms with E-state index in [2.05, 4.69) is 15.5 Å². The summed E-state index contributed by atoms with van der Waals surface area (Å²) < 4.78 is 15.1. The fourth-order valence-electron chi connectivity index (χ4n) is 2.19. The van der Waals surface area contributed by atoms with Crippen LogP contribution in [0.4, 0.5) is 10.1 Å². The molecule has 26 heavy (non-hydrogen) atoms. The SMILES string of the molecule is C[C@H](Sc1nnc(-c2ccccc2F)n1N)C(=O)Nc1ccccc1Cl. The second-order valence-electron chi connectivity index (χ2n) is 5.39. The highest BCUT2D eigenvalue weighted by Crippen LogP contribution is 2.27. The maximum Gasteiger partial charge on any atom is 0.237 e. The fraction of sp³-hybridized carbons (Fsp3) is 0.118. The number of rotatable bonds is 5. The van der Waals surface area contributed by atoms with E-state index in [1.54, 1.807) is 49.4 Å². The van der Waals surface area contributed by atoms with E-state index in [9.17, 15) is 9.18 Å². The minimum Gasteiger partial charge on any atom is -0.335 e. The molecule has 3 aromatic rings. The molecular formula is C17H15ClFN5OS. The van der Waals surface area contributed by atoms with Crippen LogP contribution in [0.3, 0.4) is 0 Å². The van der Waals surface area contributed by atoms with Gasteiger partial charge in [0.1, 0.15) is 5.82 Å². The van der Waals surface area contributed by atoms with Crippen LogP contribution in [0, 0.1) is 5.82 Å². The fourth-order valence-corrected chi connectivity index (χ4v) is 3.15. The number of nitrogen functional groups attached to an aromatic ring is 1. The molecule has 1 aromatic heterocycles. The van der Waals surface area contributed by atoms with Crippen molar-refractivity contribution >= 4 is 35.0 Å². The first-order valence-corrected chi connectivity index (χ1v) is 8.90.